The van der Waals surface area contributed by atoms with Crippen LogP contribution in [-0.2, 0) is 0 Å². The van der Waals surface area contributed by atoms with Crippen LogP contribution in [-0.4, -0.2) is 45.8 Å². The van der Waals surface area contributed by atoms with Gasteiger partial charge >= 0.3 is 0 Å². The van der Waals surface area contributed by atoms with E-state index in [2.05, 4.69) is 32.3 Å². The molecule has 0 saturated carbocycles. The lowest BCUT2D eigenvalue weighted by Crippen LogP contribution is -2.42. The summed E-state index contributed by atoms with van der Waals surface area (Å²) in [5, 5.41) is 13.0. The normalized spacial score (nSPS) is 19.9. The average Bonchev–Trinajstić information content (AvgIpc) is 2.50. The minimum absolute atomic E-state index is 0.389. The van der Waals surface area contributed by atoms with Crippen LogP contribution in [0, 0.1) is 6.92 Å². The Labute approximate surface area is 129 Å². The van der Waals surface area contributed by atoms with Crippen molar-refractivity contribution in [2.75, 3.05) is 25.0 Å². The first-order chi connectivity index (χ1) is 10.2. The molecule has 3 rings (SSSR count). The molecule has 0 radical (unpaired) electrons. The van der Waals surface area contributed by atoms with Crippen LogP contribution in [0.25, 0.3) is 10.9 Å². The SMILES string of the molecule is CCN1CCC[C@@H](Nc2nnc(Cl)c3ccc(C)nc23)C1. The summed E-state index contributed by atoms with van der Waals surface area (Å²) in [6, 6.07) is 4.29. The molecule has 0 unspecified atom stereocenters. The Morgan fingerprint density at radius 1 is 1.38 bits per heavy atom. The lowest BCUT2D eigenvalue weighted by molar-refractivity contribution is 0.226. The van der Waals surface area contributed by atoms with Gasteiger partial charge in [0.1, 0.15) is 5.52 Å². The molecule has 1 aliphatic heterocycles. The Morgan fingerprint density at radius 3 is 3.05 bits per heavy atom. The van der Waals surface area contributed by atoms with E-state index in [0.717, 1.165) is 41.9 Å². The van der Waals surface area contributed by atoms with E-state index in [1.165, 1.54) is 13.0 Å². The van der Waals surface area contributed by atoms with E-state index in [1.54, 1.807) is 0 Å². The number of hydrogen-bond acceptors (Lipinski definition) is 5. The number of aryl methyl sites for hydroxylation is 1. The van der Waals surface area contributed by atoms with Crippen LogP contribution in [0.4, 0.5) is 5.82 Å². The second kappa shape index (κ2) is 6.12. The minimum atomic E-state index is 0.389. The van der Waals surface area contributed by atoms with Gasteiger partial charge in [0.2, 0.25) is 0 Å². The van der Waals surface area contributed by atoms with E-state index < -0.39 is 0 Å². The molecule has 1 saturated heterocycles. The highest BCUT2D eigenvalue weighted by Gasteiger charge is 2.20. The maximum atomic E-state index is 6.12. The summed E-state index contributed by atoms with van der Waals surface area (Å²) in [6.07, 6.45) is 2.35. The highest BCUT2D eigenvalue weighted by molar-refractivity contribution is 6.34. The van der Waals surface area contributed by atoms with Crippen molar-refractivity contribution in [1.82, 2.24) is 20.1 Å². The van der Waals surface area contributed by atoms with E-state index in [-0.39, 0.29) is 0 Å². The van der Waals surface area contributed by atoms with E-state index >= 15 is 0 Å². The quantitative estimate of drug-likeness (QED) is 0.945. The molecule has 3 heterocycles. The lowest BCUT2D eigenvalue weighted by atomic mass is 10.1. The van der Waals surface area contributed by atoms with Gasteiger partial charge in [0.15, 0.2) is 11.0 Å². The molecule has 2 aromatic heterocycles. The summed E-state index contributed by atoms with van der Waals surface area (Å²) < 4.78 is 0. The number of aromatic nitrogens is 3. The number of likely N-dealkylation sites (tertiary alicyclic amines) is 1. The third-order valence-electron chi connectivity index (χ3n) is 4.01. The number of rotatable bonds is 3. The number of likely N-dealkylation sites (N-methyl/N-ethyl adjacent to an activating group) is 1. The fourth-order valence-electron chi connectivity index (χ4n) is 2.85. The molecule has 0 bridgehead atoms. The average molecular weight is 306 g/mol. The largest absolute Gasteiger partial charge is 0.363 e. The van der Waals surface area contributed by atoms with Gasteiger partial charge in [-0.3, -0.25) is 0 Å². The zero-order valence-electron chi connectivity index (χ0n) is 12.4. The second-order valence-corrected chi connectivity index (χ2v) is 5.92. The van der Waals surface area contributed by atoms with Crippen LogP contribution < -0.4 is 5.32 Å². The lowest BCUT2D eigenvalue weighted by Gasteiger charge is -2.32. The number of nitrogens with one attached hydrogen (secondary N) is 1. The Morgan fingerprint density at radius 2 is 2.24 bits per heavy atom. The van der Waals surface area contributed by atoms with Gasteiger partial charge < -0.3 is 10.2 Å². The van der Waals surface area contributed by atoms with Crippen LogP contribution in [0.15, 0.2) is 12.1 Å². The molecule has 0 spiro atoms. The van der Waals surface area contributed by atoms with Gasteiger partial charge in [-0.15, -0.1) is 10.2 Å². The first kappa shape index (κ1) is 14.5. The molecule has 1 fully saturated rings. The molecule has 0 aromatic carbocycles. The number of pyridine rings is 1. The number of hydrogen-bond donors (Lipinski definition) is 1. The molecule has 0 aliphatic carbocycles. The highest BCUT2D eigenvalue weighted by atomic mass is 35.5. The van der Waals surface area contributed by atoms with E-state index in [1.807, 2.05) is 19.1 Å². The number of piperidine rings is 1. The topological polar surface area (TPSA) is 53.9 Å². The predicted molar refractivity (Wildman–Crippen MR) is 85.8 cm³/mol. The molecule has 1 atom stereocenters. The number of anilines is 1. The Kier molecular flexibility index (Phi) is 4.22. The fourth-order valence-corrected chi connectivity index (χ4v) is 3.04. The third-order valence-corrected chi connectivity index (χ3v) is 4.29. The molecular formula is C15H20ClN5. The van der Waals surface area contributed by atoms with Crippen LogP contribution in [0.2, 0.25) is 5.15 Å². The third kappa shape index (κ3) is 3.09. The Bertz CT molecular complexity index is 645. The summed E-state index contributed by atoms with van der Waals surface area (Å²) in [4.78, 5) is 7.03. The van der Waals surface area contributed by atoms with Crippen molar-refractivity contribution in [1.29, 1.82) is 0 Å². The molecule has 1 aliphatic rings. The Hall–Kier alpha value is -1.46. The number of nitrogens with zero attached hydrogens (tertiary/aromatic N) is 4. The summed E-state index contributed by atoms with van der Waals surface area (Å²) >= 11 is 6.12. The maximum Gasteiger partial charge on any atom is 0.175 e. The molecule has 2 aromatic rings. The van der Waals surface area contributed by atoms with Gasteiger partial charge in [0.25, 0.3) is 0 Å². The van der Waals surface area contributed by atoms with Crippen LogP contribution in [0.5, 0.6) is 0 Å². The molecule has 0 amide bonds. The van der Waals surface area contributed by atoms with Gasteiger partial charge in [-0.2, -0.15) is 0 Å². The van der Waals surface area contributed by atoms with Gasteiger partial charge in [-0.25, -0.2) is 4.98 Å². The van der Waals surface area contributed by atoms with Crippen molar-refractivity contribution < 1.29 is 0 Å². The maximum absolute atomic E-state index is 6.12. The van der Waals surface area contributed by atoms with Crippen molar-refractivity contribution in [3.8, 4) is 0 Å². The molecule has 6 heteroatoms. The van der Waals surface area contributed by atoms with Crippen LogP contribution in [0.3, 0.4) is 0 Å². The number of fused-ring (bicyclic) bond motifs is 1. The van der Waals surface area contributed by atoms with Crippen molar-refractivity contribution in [2.24, 2.45) is 0 Å². The van der Waals surface area contributed by atoms with Gasteiger partial charge in [0.05, 0.1) is 0 Å². The molecule has 112 valence electrons. The van der Waals surface area contributed by atoms with Crippen molar-refractivity contribution in [3.05, 3.63) is 23.0 Å². The van der Waals surface area contributed by atoms with E-state index in [4.69, 9.17) is 11.6 Å². The van der Waals surface area contributed by atoms with Crippen molar-refractivity contribution >= 4 is 28.3 Å². The molecule has 21 heavy (non-hydrogen) atoms. The standard InChI is InChI=1S/C15H20ClN5/c1-3-21-8-4-5-11(9-21)18-15-13-12(14(16)19-20-15)7-6-10(2)17-13/h6-7,11H,3-5,8-9H2,1-2H3,(H,18,20)/t11-/m1/s1. The summed E-state index contributed by atoms with van der Waals surface area (Å²) in [6.45, 7) is 7.47. The summed E-state index contributed by atoms with van der Waals surface area (Å²) in [5.74, 6) is 0.737. The molecule has 5 nitrogen and oxygen atoms in total. The highest BCUT2D eigenvalue weighted by Crippen LogP contribution is 2.26. The first-order valence-corrected chi connectivity index (χ1v) is 7.83. The van der Waals surface area contributed by atoms with Crippen molar-refractivity contribution in [2.45, 2.75) is 32.7 Å². The predicted octanol–water partition coefficient (Wildman–Crippen LogP) is 2.88. The zero-order valence-corrected chi connectivity index (χ0v) is 13.2. The molecule has 1 N–H and O–H groups in total. The van der Waals surface area contributed by atoms with E-state index in [0.29, 0.717) is 11.2 Å². The van der Waals surface area contributed by atoms with E-state index in [9.17, 15) is 0 Å². The van der Waals surface area contributed by atoms with Crippen molar-refractivity contribution in [3.63, 3.8) is 0 Å². The zero-order chi connectivity index (χ0) is 14.8. The monoisotopic (exact) mass is 305 g/mol. The Balaban J connectivity index is 1.90. The van der Waals surface area contributed by atoms with Crippen LogP contribution >= 0.6 is 11.6 Å². The summed E-state index contributed by atoms with van der Waals surface area (Å²) in [7, 11) is 0. The fraction of sp³-hybridized carbons (Fsp3) is 0.533. The summed E-state index contributed by atoms with van der Waals surface area (Å²) in [5.41, 5.74) is 1.76. The van der Waals surface area contributed by atoms with Gasteiger partial charge in [0, 0.05) is 23.7 Å². The van der Waals surface area contributed by atoms with Crippen LogP contribution in [0.1, 0.15) is 25.5 Å². The van der Waals surface area contributed by atoms with Gasteiger partial charge in [-0.1, -0.05) is 18.5 Å². The minimum Gasteiger partial charge on any atom is -0.363 e. The first-order valence-electron chi connectivity index (χ1n) is 7.46. The number of halogens is 1. The van der Waals surface area contributed by atoms with Gasteiger partial charge in [-0.05, 0) is 45.0 Å². The molecular weight excluding hydrogens is 286 g/mol. The second-order valence-electron chi connectivity index (χ2n) is 5.56. The smallest absolute Gasteiger partial charge is 0.175 e.